The summed E-state index contributed by atoms with van der Waals surface area (Å²) in [6.45, 7) is 0.486. The monoisotopic (exact) mass is 435 g/mol. The predicted octanol–water partition coefficient (Wildman–Crippen LogP) is 4.25. The highest BCUT2D eigenvalue weighted by atomic mass is 16.8. The van der Waals surface area contributed by atoms with Crippen LogP contribution in [-0.4, -0.2) is 44.4 Å². The minimum absolute atomic E-state index is 0.227. The number of carbonyl (C=O) groups is 1. The molecular formula is C25H25NO6. The average molecular weight is 435 g/mol. The molecule has 0 aromatic heterocycles. The fourth-order valence-corrected chi connectivity index (χ4v) is 3.38. The summed E-state index contributed by atoms with van der Waals surface area (Å²) in [5, 5.41) is 1.33. The van der Waals surface area contributed by atoms with E-state index in [-0.39, 0.29) is 19.1 Å². The SMILES string of the molecule is COc1ccc(C2OC(COc3ccccc3)CN(C(=O)c3ccccc3)O2)cc1OC. The molecule has 32 heavy (non-hydrogen) atoms. The second-order valence-corrected chi connectivity index (χ2v) is 7.17. The Labute approximate surface area is 187 Å². The molecular weight excluding hydrogens is 410 g/mol. The summed E-state index contributed by atoms with van der Waals surface area (Å²) in [4.78, 5) is 19.0. The van der Waals surface area contributed by atoms with Crippen molar-refractivity contribution < 1.29 is 28.6 Å². The van der Waals surface area contributed by atoms with Crippen LogP contribution in [0.5, 0.6) is 17.2 Å². The van der Waals surface area contributed by atoms with Crippen molar-refractivity contribution in [3.8, 4) is 17.2 Å². The number of methoxy groups -OCH3 is 2. The number of ether oxygens (including phenoxy) is 4. The number of rotatable bonds is 7. The molecule has 1 aliphatic heterocycles. The second-order valence-electron chi connectivity index (χ2n) is 7.17. The van der Waals surface area contributed by atoms with Crippen LogP contribution in [0.25, 0.3) is 0 Å². The highest BCUT2D eigenvalue weighted by Gasteiger charge is 2.34. The van der Waals surface area contributed by atoms with Gasteiger partial charge in [-0.25, -0.2) is 9.90 Å². The number of hydroxylamine groups is 2. The quantitative estimate of drug-likeness (QED) is 0.553. The molecule has 3 aromatic rings. The Morgan fingerprint density at radius 1 is 0.938 bits per heavy atom. The fourth-order valence-electron chi connectivity index (χ4n) is 3.38. The maximum absolute atomic E-state index is 13.1. The minimum atomic E-state index is -0.819. The summed E-state index contributed by atoms with van der Waals surface area (Å²) in [6.07, 6.45) is -1.23. The van der Waals surface area contributed by atoms with Crippen LogP contribution in [0.4, 0.5) is 0 Å². The van der Waals surface area contributed by atoms with Crippen molar-refractivity contribution in [2.45, 2.75) is 12.4 Å². The third-order valence-corrected chi connectivity index (χ3v) is 5.01. The van der Waals surface area contributed by atoms with Gasteiger partial charge in [0, 0.05) is 11.1 Å². The molecule has 2 atom stereocenters. The minimum Gasteiger partial charge on any atom is -0.493 e. The zero-order valence-corrected chi connectivity index (χ0v) is 18.0. The van der Waals surface area contributed by atoms with E-state index in [1.807, 2.05) is 54.6 Å². The van der Waals surface area contributed by atoms with Gasteiger partial charge in [-0.3, -0.25) is 4.79 Å². The first-order valence-electron chi connectivity index (χ1n) is 10.3. The molecule has 1 saturated heterocycles. The summed E-state index contributed by atoms with van der Waals surface area (Å²) < 4.78 is 22.7. The maximum Gasteiger partial charge on any atom is 0.277 e. The van der Waals surface area contributed by atoms with Crippen molar-refractivity contribution in [1.29, 1.82) is 0 Å². The molecule has 1 aliphatic rings. The fraction of sp³-hybridized carbons (Fsp3) is 0.240. The lowest BCUT2D eigenvalue weighted by Gasteiger charge is -2.37. The molecule has 0 radical (unpaired) electrons. The predicted molar refractivity (Wildman–Crippen MR) is 118 cm³/mol. The van der Waals surface area contributed by atoms with E-state index in [4.69, 9.17) is 23.8 Å². The van der Waals surface area contributed by atoms with Gasteiger partial charge in [0.25, 0.3) is 5.91 Å². The molecule has 1 heterocycles. The topological polar surface area (TPSA) is 66.5 Å². The van der Waals surface area contributed by atoms with Gasteiger partial charge in [0.2, 0.25) is 6.29 Å². The van der Waals surface area contributed by atoms with Crippen molar-refractivity contribution in [3.63, 3.8) is 0 Å². The van der Waals surface area contributed by atoms with Crippen molar-refractivity contribution in [3.05, 3.63) is 90.0 Å². The number of hydrogen-bond acceptors (Lipinski definition) is 6. The Balaban J connectivity index is 1.57. The van der Waals surface area contributed by atoms with E-state index in [0.717, 1.165) is 5.75 Å². The number of benzene rings is 3. The molecule has 0 N–H and O–H groups in total. The van der Waals surface area contributed by atoms with E-state index in [0.29, 0.717) is 22.6 Å². The van der Waals surface area contributed by atoms with E-state index < -0.39 is 12.4 Å². The number of hydrogen-bond donors (Lipinski definition) is 0. The summed E-state index contributed by atoms with van der Waals surface area (Å²) >= 11 is 0. The lowest BCUT2D eigenvalue weighted by Crippen LogP contribution is -2.47. The molecule has 4 rings (SSSR count). The van der Waals surface area contributed by atoms with E-state index in [2.05, 4.69) is 0 Å². The first kappa shape index (κ1) is 21.7. The van der Waals surface area contributed by atoms with Crippen molar-refractivity contribution in [2.24, 2.45) is 0 Å². The smallest absolute Gasteiger partial charge is 0.277 e. The maximum atomic E-state index is 13.1. The Morgan fingerprint density at radius 2 is 1.62 bits per heavy atom. The van der Waals surface area contributed by atoms with Crippen LogP contribution < -0.4 is 14.2 Å². The molecule has 7 nitrogen and oxygen atoms in total. The molecule has 7 heteroatoms. The molecule has 0 saturated carbocycles. The molecule has 0 spiro atoms. The molecule has 1 fully saturated rings. The third-order valence-electron chi connectivity index (χ3n) is 5.01. The molecule has 166 valence electrons. The van der Waals surface area contributed by atoms with Gasteiger partial charge >= 0.3 is 0 Å². The average Bonchev–Trinajstić information content (AvgIpc) is 2.87. The highest BCUT2D eigenvalue weighted by molar-refractivity contribution is 5.93. The second kappa shape index (κ2) is 10.2. The van der Waals surface area contributed by atoms with Gasteiger partial charge in [0.1, 0.15) is 18.5 Å². The van der Waals surface area contributed by atoms with Crippen molar-refractivity contribution in [1.82, 2.24) is 5.06 Å². The Hall–Kier alpha value is -3.55. The van der Waals surface area contributed by atoms with Crippen LogP contribution in [0, 0.1) is 0 Å². The lowest BCUT2D eigenvalue weighted by atomic mass is 10.1. The number of amides is 1. The van der Waals surface area contributed by atoms with E-state index >= 15 is 0 Å². The normalized spacial score (nSPS) is 18.1. The van der Waals surface area contributed by atoms with Crippen LogP contribution in [0.15, 0.2) is 78.9 Å². The van der Waals surface area contributed by atoms with Crippen molar-refractivity contribution >= 4 is 5.91 Å². The number of carbonyl (C=O) groups excluding carboxylic acids is 1. The van der Waals surface area contributed by atoms with E-state index in [1.165, 1.54) is 5.06 Å². The number of nitrogens with zero attached hydrogens (tertiary/aromatic N) is 1. The van der Waals surface area contributed by atoms with E-state index in [9.17, 15) is 4.79 Å². The summed E-state index contributed by atoms with van der Waals surface area (Å²) in [5.74, 6) is 1.62. The van der Waals surface area contributed by atoms with Crippen molar-refractivity contribution in [2.75, 3.05) is 27.4 Å². The molecule has 2 unspecified atom stereocenters. The zero-order valence-electron chi connectivity index (χ0n) is 18.0. The van der Waals surface area contributed by atoms with Gasteiger partial charge in [-0.15, -0.1) is 0 Å². The van der Waals surface area contributed by atoms with Gasteiger partial charge in [-0.2, -0.15) is 0 Å². The van der Waals surface area contributed by atoms with Gasteiger partial charge in [0.15, 0.2) is 11.5 Å². The lowest BCUT2D eigenvalue weighted by molar-refractivity contribution is -0.325. The molecule has 0 aliphatic carbocycles. The van der Waals surface area contributed by atoms with Gasteiger partial charge in [-0.05, 0) is 42.5 Å². The standard InChI is InChI=1S/C25H25NO6/c1-28-22-14-13-19(15-23(22)29-2)25-31-21(17-30-20-11-7-4-8-12-20)16-26(32-25)24(27)18-9-5-3-6-10-18/h3-15,21,25H,16-17H2,1-2H3. The zero-order chi connectivity index (χ0) is 22.3. The Bertz CT molecular complexity index is 1030. The number of para-hydroxylation sites is 1. The summed E-state index contributed by atoms with van der Waals surface area (Å²) in [5.41, 5.74) is 1.22. The summed E-state index contributed by atoms with van der Waals surface area (Å²) in [6, 6.07) is 23.8. The first-order chi connectivity index (χ1) is 15.7. The highest BCUT2D eigenvalue weighted by Crippen LogP contribution is 2.34. The third kappa shape index (κ3) is 5.01. The van der Waals surface area contributed by atoms with Gasteiger partial charge in [-0.1, -0.05) is 36.4 Å². The van der Waals surface area contributed by atoms with Crippen LogP contribution in [-0.2, 0) is 9.57 Å². The molecule has 0 bridgehead atoms. The van der Waals surface area contributed by atoms with E-state index in [1.54, 1.807) is 38.5 Å². The van der Waals surface area contributed by atoms with Gasteiger partial charge in [0.05, 0.1) is 20.8 Å². The van der Waals surface area contributed by atoms with Gasteiger partial charge < -0.3 is 18.9 Å². The van der Waals surface area contributed by atoms with Crippen LogP contribution in [0.2, 0.25) is 0 Å². The summed E-state index contributed by atoms with van der Waals surface area (Å²) in [7, 11) is 3.13. The Morgan fingerprint density at radius 3 is 2.31 bits per heavy atom. The first-order valence-corrected chi connectivity index (χ1v) is 10.3. The molecule has 3 aromatic carbocycles. The van der Waals surface area contributed by atoms with Crippen LogP contribution >= 0.6 is 0 Å². The molecule has 1 amide bonds. The Kier molecular flexibility index (Phi) is 6.89. The largest absolute Gasteiger partial charge is 0.493 e. The van der Waals surface area contributed by atoms with Crippen LogP contribution in [0.3, 0.4) is 0 Å². The van der Waals surface area contributed by atoms with Crippen LogP contribution in [0.1, 0.15) is 22.2 Å².